The third-order valence-corrected chi connectivity index (χ3v) is 3.57. The molecule has 5 heteroatoms. The van der Waals surface area contributed by atoms with Gasteiger partial charge in [-0.1, -0.05) is 6.07 Å². The van der Waals surface area contributed by atoms with Crippen molar-refractivity contribution in [3.05, 3.63) is 29.8 Å². The van der Waals surface area contributed by atoms with Gasteiger partial charge in [-0.15, -0.1) is 0 Å². The molecule has 0 radical (unpaired) electrons. The van der Waals surface area contributed by atoms with Gasteiger partial charge in [0.1, 0.15) is 0 Å². The average molecular weight is 273 g/mol. The van der Waals surface area contributed by atoms with E-state index in [0.29, 0.717) is 17.8 Å². The number of nitrogens with one attached hydrogen (secondary N) is 1. The first-order chi connectivity index (χ1) is 9.60. The van der Waals surface area contributed by atoms with E-state index in [4.69, 9.17) is 10.00 Å². The number of ether oxygens (including phenoxy) is 1. The van der Waals surface area contributed by atoms with Gasteiger partial charge in [-0.3, -0.25) is 9.69 Å². The number of hydrogen-bond acceptors (Lipinski definition) is 4. The highest BCUT2D eigenvalue weighted by atomic mass is 16.5. The molecule has 1 N–H and O–H groups in total. The number of amides is 1. The van der Waals surface area contributed by atoms with E-state index in [2.05, 4.69) is 11.4 Å². The van der Waals surface area contributed by atoms with Crippen LogP contribution >= 0.6 is 0 Å². The zero-order valence-corrected chi connectivity index (χ0v) is 11.8. The number of carbonyl (C=O) groups excluding carboxylic acids is 1. The predicted octanol–water partition coefficient (Wildman–Crippen LogP) is 1.61. The third-order valence-electron chi connectivity index (χ3n) is 3.57. The SMILES string of the molecule is CC1OCCC1N(C)CC(=O)Nc1cccc(C#N)c1. The van der Waals surface area contributed by atoms with Crippen LogP contribution < -0.4 is 5.32 Å². The topological polar surface area (TPSA) is 65.4 Å². The number of hydrogen-bond donors (Lipinski definition) is 1. The smallest absolute Gasteiger partial charge is 0.238 e. The van der Waals surface area contributed by atoms with Crippen molar-refractivity contribution in [1.82, 2.24) is 4.90 Å². The second-order valence-corrected chi connectivity index (χ2v) is 5.09. The molecule has 1 aliphatic heterocycles. The van der Waals surface area contributed by atoms with E-state index in [9.17, 15) is 4.79 Å². The fraction of sp³-hybridized carbons (Fsp3) is 0.467. The van der Waals surface area contributed by atoms with Crippen LogP contribution in [0.25, 0.3) is 0 Å². The molecule has 0 spiro atoms. The van der Waals surface area contributed by atoms with E-state index in [0.717, 1.165) is 13.0 Å². The molecule has 0 saturated carbocycles. The van der Waals surface area contributed by atoms with E-state index in [1.165, 1.54) is 0 Å². The molecule has 20 heavy (non-hydrogen) atoms. The third kappa shape index (κ3) is 3.56. The van der Waals surface area contributed by atoms with E-state index in [-0.39, 0.29) is 18.1 Å². The number of nitrogens with zero attached hydrogens (tertiary/aromatic N) is 2. The van der Waals surface area contributed by atoms with Crippen LogP contribution in [-0.4, -0.2) is 43.2 Å². The molecule has 2 rings (SSSR count). The normalized spacial score (nSPS) is 21.7. The van der Waals surface area contributed by atoms with Crippen LogP contribution in [-0.2, 0) is 9.53 Å². The molecule has 1 fully saturated rings. The molecule has 2 unspecified atom stereocenters. The van der Waals surface area contributed by atoms with Crippen LogP contribution in [0.3, 0.4) is 0 Å². The van der Waals surface area contributed by atoms with Crippen molar-refractivity contribution < 1.29 is 9.53 Å². The van der Waals surface area contributed by atoms with Crippen LogP contribution in [0, 0.1) is 11.3 Å². The van der Waals surface area contributed by atoms with Gasteiger partial charge < -0.3 is 10.1 Å². The quantitative estimate of drug-likeness (QED) is 0.905. The minimum Gasteiger partial charge on any atom is -0.377 e. The average Bonchev–Trinajstić information content (AvgIpc) is 2.85. The van der Waals surface area contributed by atoms with E-state index >= 15 is 0 Å². The molecule has 106 valence electrons. The summed E-state index contributed by atoms with van der Waals surface area (Å²) in [5.41, 5.74) is 1.19. The van der Waals surface area contributed by atoms with Crippen molar-refractivity contribution in [1.29, 1.82) is 5.26 Å². The van der Waals surface area contributed by atoms with Gasteiger partial charge in [0.05, 0.1) is 24.3 Å². The van der Waals surface area contributed by atoms with Crippen LogP contribution in [0.15, 0.2) is 24.3 Å². The molecule has 0 bridgehead atoms. The second kappa shape index (κ2) is 6.51. The maximum Gasteiger partial charge on any atom is 0.238 e. The minimum atomic E-state index is -0.0818. The van der Waals surface area contributed by atoms with Gasteiger partial charge >= 0.3 is 0 Å². The van der Waals surface area contributed by atoms with Gasteiger partial charge in [-0.25, -0.2) is 0 Å². The van der Waals surface area contributed by atoms with E-state index < -0.39 is 0 Å². The summed E-state index contributed by atoms with van der Waals surface area (Å²) in [7, 11) is 1.93. The highest BCUT2D eigenvalue weighted by Gasteiger charge is 2.28. The molecule has 1 heterocycles. The Morgan fingerprint density at radius 3 is 3.05 bits per heavy atom. The molecule has 1 aromatic carbocycles. The summed E-state index contributed by atoms with van der Waals surface area (Å²) in [6, 6.07) is 9.24. The summed E-state index contributed by atoms with van der Waals surface area (Å²) >= 11 is 0. The highest BCUT2D eigenvalue weighted by molar-refractivity contribution is 5.92. The number of carbonyl (C=O) groups is 1. The maximum absolute atomic E-state index is 12.0. The van der Waals surface area contributed by atoms with Crippen LogP contribution in [0.4, 0.5) is 5.69 Å². The number of anilines is 1. The summed E-state index contributed by atoms with van der Waals surface area (Å²) in [5, 5.41) is 11.6. The van der Waals surface area contributed by atoms with Gasteiger partial charge in [-0.2, -0.15) is 5.26 Å². The van der Waals surface area contributed by atoms with Crippen molar-refractivity contribution in [2.75, 3.05) is 25.5 Å². The Kier molecular flexibility index (Phi) is 4.72. The van der Waals surface area contributed by atoms with Gasteiger partial charge in [-0.05, 0) is 38.6 Å². The van der Waals surface area contributed by atoms with E-state index in [1.54, 1.807) is 24.3 Å². The molecule has 1 aromatic rings. The number of rotatable bonds is 4. The number of nitriles is 1. The molecular formula is C15H19N3O2. The monoisotopic (exact) mass is 273 g/mol. The summed E-state index contributed by atoms with van der Waals surface area (Å²) in [6.07, 6.45) is 1.12. The molecule has 1 saturated heterocycles. The second-order valence-electron chi connectivity index (χ2n) is 5.09. The molecule has 0 aromatic heterocycles. The van der Waals surface area contributed by atoms with E-state index in [1.807, 2.05) is 18.9 Å². The lowest BCUT2D eigenvalue weighted by Gasteiger charge is -2.25. The van der Waals surface area contributed by atoms with Crippen LogP contribution in [0.2, 0.25) is 0 Å². The fourth-order valence-corrected chi connectivity index (χ4v) is 2.51. The van der Waals surface area contributed by atoms with Gasteiger partial charge in [0.15, 0.2) is 0 Å². The zero-order valence-electron chi connectivity index (χ0n) is 11.8. The Hall–Kier alpha value is -1.90. The first-order valence-electron chi connectivity index (χ1n) is 6.72. The summed E-state index contributed by atoms with van der Waals surface area (Å²) in [5.74, 6) is -0.0818. The zero-order chi connectivity index (χ0) is 14.5. The molecule has 2 atom stereocenters. The highest BCUT2D eigenvalue weighted by Crippen LogP contribution is 2.18. The summed E-state index contributed by atoms with van der Waals surface area (Å²) in [6.45, 7) is 3.10. The Morgan fingerprint density at radius 1 is 1.60 bits per heavy atom. The summed E-state index contributed by atoms with van der Waals surface area (Å²) < 4.78 is 5.51. The maximum atomic E-state index is 12.0. The van der Waals surface area contributed by atoms with Crippen molar-refractivity contribution in [2.45, 2.75) is 25.5 Å². The Labute approximate surface area is 119 Å². The van der Waals surface area contributed by atoms with Gasteiger partial charge in [0.25, 0.3) is 0 Å². The van der Waals surface area contributed by atoms with Gasteiger partial charge in [0.2, 0.25) is 5.91 Å². The minimum absolute atomic E-state index is 0.0818. The molecule has 0 aliphatic carbocycles. The first kappa shape index (κ1) is 14.5. The Balaban J connectivity index is 1.90. The largest absolute Gasteiger partial charge is 0.377 e. The van der Waals surface area contributed by atoms with Crippen molar-refractivity contribution in [2.24, 2.45) is 0 Å². The predicted molar refractivity (Wildman–Crippen MR) is 76.2 cm³/mol. The van der Waals surface area contributed by atoms with Crippen molar-refractivity contribution >= 4 is 11.6 Å². The standard InChI is InChI=1S/C15H19N3O2/c1-11-14(6-7-20-11)18(2)10-15(19)17-13-5-3-4-12(8-13)9-16/h3-5,8,11,14H,6-7,10H2,1-2H3,(H,17,19). The molecule has 1 amide bonds. The first-order valence-corrected chi connectivity index (χ1v) is 6.72. The Morgan fingerprint density at radius 2 is 2.40 bits per heavy atom. The van der Waals surface area contributed by atoms with Crippen molar-refractivity contribution in [3.63, 3.8) is 0 Å². The lowest BCUT2D eigenvalue weighted by Crippen LogP contribution is -2.41. The van der Waals surface area contributed by atoms with Crippen LogP contribution in [0.1, 0.15) is 18.9 Å². The fourth-order valence-electron chi connectivity index (χ4n) is 2.51. The van der Waals surface area contributed by atoms with Crippen LogP contribution in [0.5, 0.6) is 0 Å². The molecule has 1 aliphatic rings. The van der Waals surface area contributed by atoms with Crippen molar-refractivity contribution in [3.8, 4) is 6.07 Å². The molecular weight excluding hydrogens is 254 g/mol. The number of benzene rings is 1. The Bertz CT molecular complexity index is 524. The lowest BCUT2D eigenvalue weighted by molar-refractivity contribution is -0.117. The summed E-state index contributed by atoms with van der Waals surface area (Å²) in [4.78, 5) is 14.0. The molecule has 5 nitrogen and oxygen atoms in total. The van der Waals surface area contributed by atoms with Gasteiger partial charge in [0, 0.05) is 18.3 Å². The lowest BCUT2D eigenvalue weighted by atomic mass is 10.1. The number of likely N-dealkylation sites (N-methyl/N-ethyl adjacent to an activating group) is 1.